The smallest absolute Gasteiger partial charge is 0.408 e. The number of nitrogens with zero attached hydrogens (tertiary/aromatic N) is 2. The Balaban J connectivity index is 2.32. The summed E-state index contributed by atoms with van der Waals surface area (Å²) in [7, 11) is 0. The van der Waals surface area contributed by atoms with E-state index in [1.54, 1.807) is 23.1 Å². The van der Waals surface area contributed by atoms with Crippen molar-refractivity contribution in [2.24, 2.45) is 0 Å². The maximum Gasteiger partial charge on any atom is 0.408 e. The van der Waals surface area contributed by atoms with E-state index in [4.69, 9.17) is 11.6 Å². The van der Waals surface area contributed by atoms with Gasteiger partial charge >= 0.3 is 6.09 Å². The Hall–Kier alpha value is -1.93. The predicted octanol–water partition coefficient (Wildman–Crippen LogP) is 4.71. The van der Waals surface area contributed by atoms with Crippen LogP contribution in [0.2, 0.25) is 5.02 Å². The van der Waals surface area contributed by atoms with Gasteiger partial charge in [-0.3, -0.25) is 4.90 Å². The first-order valence-corrected chi connectivity index (χ1v) is 8.60. The SMILES string of the molecule is CC(C)(C)N(C(=O)O)[C@H]1CCCC[C@@H]1Nc1cc(Cl)ccc1C#N. The van der Waals surface area contributed by atoms with Crippen LogP contribution in [0, 0.1) is 11.3 Å². The van der Waals surface area contributed by atoms with E-state index in [9.17, 15) is 15.2 Å². The predicted molar refractivity (Wildman–Crippen MR) is 95.5 cm³/mol. The molecule has 2 atom stereocenters. The minimum atomic E-state index is -0.909. The van der Waals surface area contributed by atoms with Crippen molar-refractivity contribution in [3.8, 4) is 6.07 Å². The van der Waals surface area contributed by atoms with Crippen LogP contribution in [0.25, 0.3) is 0 Å². The highest BCUT2D eigenvalue weighted by atomic mass is 35.5. The normalized spacial score (nSPS) is 21.0. The fourth-order valence-corrected chi connectivity index (χ4v) is 3.62. The first-order valence-electron chi connectivity index (χ1n) is 8.22. The molecule has 0 heterocycles. The van der Waals surface area contributed by atoms with Crippen molar-refractivity contribution in [1.82, 2.24) is 4.90 Å². The largest absolute Gasteiger partial charge is 0.465 e. The molecule has 0 unspecified atom stereocenters. The maximum absolute atomic E-state index is 11.8. The van der Waals surface area contributed by atoms with Gasteiger partial charge in [-0.15, -0.1) is 0 Å². The minimum Gasteiger partial charge on any atom is -0.465 e. The summed E-state index contributed by atoms with van der Waals surface area (Å²) in [4.78, 5) is 13.4. The van der Waals surface area contributed by atoms with Gasteiger partial charge in [0.25, 0.3) is 0 Å². The summed E-state index contributed by atoms with van der Waals surface area (Å²) >= 11 is 6.06. The number of rotatable bonds is 3. The Bertz CT molecular complexity index is 649. The van der Waals surface area contributed by atoms with Gasteiger partial charge in [-0.05, 0) is 51.8 Å². The zero-order valence-electron chi connectivity index (χ0n) is 14.3. The van der Waals surface area contributed by atoms with Gasteiger partial charge in [0, 0.05) is 16.6 Å². The average Bonchev–Trinajstić information content (AvgIpc) is 2.47. The molecule has 0 spiro atoms. The highest BCUT2D eigenvalue weighted by Gasteiger charge is 2.39. The number of benzene rings is 1. The lowest BCUT2D eigenvalue weighted by Gasteiger charge is -2.45. The number of nitrogens with one attached hydrogen (secondary N) is 1. The van der Waals surface area contributed by atoms with Crippen molar-refractivity contribution in [1.29, 1.82) is 5.26 Å². The Morgan fingerprint density at radius 1 is 1.38 bits per heavy atom. The quantitative estimate of drug-likeness (QED) is 0.828. The lowest BCUT2D eigenvalue weighted by atomic mass is 9.86. The van der Waals surface area contributed by atoms with E-state index in [0.29, 0.717) is 16.3 Å². The van der Waals surface area contributed by atoms with Crippen molar-refractivity contribution >= 4 is 23.4 Å². The van der Waals surface area contributed by atoms with E-state index in [0.717, 1.165) is 25.7 Å². The molecule has 1 aliphatic carbocycles. The Morgan fingerprint density at radius 2 is 2.04 bits per heavy atom. The van der Waals surface area contributed by atoms with Crippen LogP contribution >= 0.6 is 11.6 Å². The van der Waals surface area contributed by atoms with Crippen molar-refractivity contribution in [2.75, 3.05) is 5.32 Å². The molecule has 1 aromatic carbocycles. The molecular weight excluding hydrogens is 326 g/mol. The van der Waals surface area contributed by atoms with Crippen molar-refractivity contribution in [3.05, 3.63) is 28.8 Å². The second-order valence-electron chi connectivity index (χ2n) is 7.23. The van der Waals surface area contributed by atoms with Gasteiger partial charge in [-0.2, -0.15) is 5.26 Å². The first-order chi connectivity index (χ1) is 11.2. The molecule has 0 aliphatic heterocycles. The Labute approximate surface area is 148 Å². The summed E-state index contributed by atoms with van der Waals surface area (Å²) in [6.07, 6.45) is 2.80. The van der Waals surface area contributed by atoms with E-state index in [1.807, 2.05) is 20.8 Å². The number of hydrogen-bond acceptors (Lipinski definition) is 3. The number of carboxylic acid groups (broad SMARTS) is 1. The summed E-state index contributed by atoms with van der Waals surface area (Å²) in [5.74, 6) is 0. The highest BCUT2D eigenvalue weighted by Crippen LogP contribution is 2.32. The Morgan fingerprint density at radius 3 is 2.62 bits per heavy atom. The van der Waals surface area contributed by atoms with Crippen LogP contribution in [-0.2, 0) is 0 Å². The summed E-state index contributed by atoms with van der Waals surface area (Å²) in [6.45, 7) is 5.73. The average molecular weight is 350 g/mol. The highest BCUT2D eigenvalue weighted by molar-refractivity contribution is 6.30. The number of amides is 1. The third-order valence-corrected chi connectivity index (χ3v) is 4.67. The van der Waals surface area contributed by atoms with E-state index < -0.39 is 11.6 Å². The summed E-state index contributed by atoms with van der Waals surface area (Å²) in [5, 5.41) is 22.9. The lowest BCUT2D eigenvalue weighted by Crippen LogP contribution is -2.58. The molecule has 0 bridgehead atoms. The molecule has 130 valence electrons. The van der Waals surface area contributed by atoms with Crippen LogP contribution < -0.4 is 5.32 Å². The Kier molecular flexibility index (Phi) is 5.61. The molecule has 24 heavy (non-hydrogen) atoms. The summed E-state index contributed by atoms with van der Waals surface area (Å²) in [5.41, 5.74) is 0.697. The number of anilines is 1. The number of hydrogen-bond donors (Lipinski definition) is 2. The molecule has 1 fully saturated rings. The fourth-order valence-electron chi connectivity index (χ4n) is 3.45. The molecule has 0 saturated heterocycles. The zero-order chi connectivity index (χ0) is 17.9. The molecular formula is C18H24ClN3O2. The van der Waals surface area contributed by atoms with Gasteiger partial charge in [0.15, 0.2) is 0 Å². The number of nitriles is 1. The molecule has 2 N–H and O–H groups in total. The van der Waals surface area contributed by atoms with Crippen molar-refractivity contribution < 1.29 is 9.90 Å². The summed E-state index contributed by atoms with van der Waals surface area (Å²) < 4.78 is 0. The van der Waals surface area contributed by atoms with Crippen LogP contribution in [0.5, 0.6) is 0 Å². The standard InChI is InChI=1S/C18H24ClN3O2/c1-18(2,3)22(17(23)24)16-7-5-4-6-14(16)21-15-10-13(19)9-8-12(15)11-20/h8-10,14,16,21H,4-7H2,1-3H3,(H,23,24)/t14-,16-/m0/s1. The van der Waals surface area contributed by atoms with E-state index in [-0.39, 0.29) is 12.1 Å². The van der Waals surface area contributed by atoms with Gasteiger partial charge in [-0.1, -0.05) is 24.4 Å². The molecule has 0 radical (unpaired) electrons. The molecule has 1 amide bonds. The monoisotopic (exact) mass is 349 g/mol. The molecule has 5 nitrogen and oxygen atoms in total. The van der Waals surface area contributed by atoms with Crippen LogP contribution in [0.4, 0.5) is 10.5 Å². The van der Waals surface area contributed by atoms with Crippen LogP contribution in [0.15, 0.2) is 18.2 Å². The fraction of sp³-hybridized carbons (Fsp3) is 0.556. The molecule has 1 saturated carbocycles. The van der Waals surface area contributed by atoms with Gasteiger partial charge in [0.05, 0.1) is 17.3 Å². The second-order valence-corrected chi connectivity index (χ2v) is 7.66. The first kappa shape index (κ1) is 18.4. The zero-order valence-corrected chi connectivity index (χ0v) is 15.1. The third-order valence-electron chi connectivity index (χ3n) is 4.43. The van der Waals surface area contributed by atoms with Gasteiger partial charge in [-0.25, -0.2) is 4.79 Å². The maximum atomic E-state index is 11.8. The third kappa shape index (κ3) is 4.12. The van der Waals surface area contributed by atoms with Crippen LogP contribution in [-0.4, -0.2) is 33.7 Å². The van der Waals surface area contributed by atoms with Crippen LogP contribution in [0.3, 0.4) is 0 Å². The lowest BCUT2D eigenvalue weighted by molar-refractivity contribution is 0.0520. The molecule has 0 aromatic heterocycles. The summed E-state index contributed by atoms with van der Waals surface area (Å²) in [6, 6.07) is 7.07. The van der Waals surface area contributed by atoms with Gasteiger partial charge in [0.1, 0.15) is 6.07 Å². The topological polar surface area (TPSA) is 76.4 Å². The van der Waals surface area contributed by atoms with E-state index in [2.05, 4.69) is 11.4 Å². The van der Waals surface area contributed by atoms with E-state index in [1.165, 1.54) is 0 Å². The van der Waals surface area contributed by atoms with Crippen LogP contribution in [0.1, 0.15) is 52.0 Å². The molecule has 6 heteroatoms. The minimum absolute atomic E-state index is 0.0420. The molecule has 2 rings (SSSR count). The van der Waals surface area contributed by atoms with E-state index >= 15 is 0 Å². The molecule has 1 aromatic rings. The van der Waals surface area contributed by atoms with Gasteiger partial charge < -0.3 is 10.4 Å². The van der Waals surface area contributed by atoms with Crippen molar-refractivity contribution in [2.45, 2.75) is 64.1 Å². The van der Waals surface area contributed by atoms with Gasteiger partial charge in [0.2, 0.25) is 0 Å². The van der Waals surface area contributed by atoms with Crippen molar-refractivity contribution in [3.63, 3.8) is 0 Å². The second kappa shape index (κ2) is 7.31. The number of carbonyl (C=O) groups is 1. The number of halogens is 1. The molecule has 1 aliphatic rings.